The third-order valence-corrected chi connectivity index (χ3v) is 6.16. The van der Waals surface area contributed by atoms with E-state index in [4.69, 9.17) is 4.74 Å². The fourth-order valence-electron chi connectivity index (χ4n) is 3.66. The van der Waals surface area contributed by atoms with Crippen LogP contribution in [0.2, 0.25) is 0 Å². The summed E-state index contributed by atoms with van der Waals surface area (Å²) >= 11 is 1.43. The third kappa shape index (κ3) is 5.30. The quantitative estimate of drug-likeness (QED) is 0.271. The van der Waals surface area contributed by atoms with Crippen molar-refractivity contribution in [1.82, 2.24) is 5.32 Å². The zero-order chi connectivity index (χ0) is 23.2. The highest BCUT2D eigenvalue weighted by Crippen LogP contribution is 2.25. The zero-order valence-corrected chi connectivity index (χ0v) is 19.1. The number of thiophene rings is 1. The van der Waals surface area contributed by atoms with Crippen LogP contribution in [-0.4, -0.2) is 43.3 Å². The van der Waals surface area contributed by atoms with Gasteiger partial charge in [-0.25, -0.2) is 4.90 Å². The molecule has 4 rings (SSSR count). The molecule has 2 amide bonds. The summed E-state index contributed by atoms with van der Waals surface area (Å²) in [5, 5.41) is 8.31. The lowest BCUT2D eigenvalue weighted by molar-refractivity contribution is -0.121. The van der Waals surface area contributed by atoms with Gasteiger partial charge in [0.2, 0.25) is 11.7 Å². The van der Waals surface area contributed by atoms with Gasteiger partial charge in [0, 0.05) is 24.3 Å². The second-order valence-electron chi connectivity index (χ2n) is 7.52. The minimum atomic E-state index is -0.545. The van der Waals surface area contributed by atoms with Gasteiger partial charge in [0.1, 0.15) is 5.75 Å². The van der Waals surface area contributed by atoms with Gasteiger partial charge < -0.3 is 15.4 Å². The van der Waals surface area contributed by atoms with E-state index in [9.17, 15) is 14.4 Å². The SMILES string of the molecule is CCOc1ccc(N2C(=O)C[C@@H](NCCNc3ccc(C(=O)c4cccs4)cc3)C2=O)cc1. The predicted molar refractivity (Wildman–Crippen MR) is 129 cm³/mol. The van der Waals surface area contributed by atoms with E-state index in [2.05, 4.69) is 10.6 Å². The number of ketones is 1. The van der Waals surface area contributed by atoms with Gasteiger partial charge in [-0.3, -0.25) is 14.4 Å². The Morgan fingerprint density at radius 2 is 1.82 bits per heavy atom. The number of imide groups is 1. The van der Waals surface area contributed by atoms with E-state index in [-0.39, 0.29) is 24.0 Å². The van der Waals surface area contributed by atoms with Crippen molar-refractivity contribution < 1.29 is 19.1 Å². The Balaban J connectivity index is 1.25. The van der Waals surface area contributed by atoms with Gasteiger partial charge in [-0.05, 0) is 66.9 Å². The van der Waals surface area contributed by atoms with Gasteiger partial charge in [0.05, 0.1) is 29.6 Å². The normalized spacial score (nSPS) is 15.7. The van der Waals surface area contributed by atoms with E-state index < -0.39 is 6.04 Å². The first-order valence-electron chi connectivity index (χ1n) is 10.8. The second-order valence-corrected chi connectivity index (χ2v) is 8.46. The van der Waals surface area contributed by atoms with Crippen LogP contribution in [0.4, 0.5) is 11.4 Å². The molecule has 170 valence electrons. The van der Waals surface area contributed by atoms with Crippen molar-refractivity contribution in [2.45, 2.75) is 19.4 Å². The number of carbonyl (C=O) groups excluding carboxylic acids is 3. The van der Waals surface area contributed by atoms with Gasteiger partial charge >= 0.3 is 0 Å². The van der Waals surface area contributed by atoms with Gasteiger partial charge in [0.25, 0.3) is 5.91 Å². The van der Waals surface area contributed by atoms with E-state index in [1.54, 1.807) is 36.4 Å². The van der Waals surface area contributed by atoms with Gasteiger partial charge in [-0.15, -0.1) is 11.3 Å². The maximum atomic E-state index is 12.7. The van der Waals surface area contributed by atoms with Crippen LogP contribution in [0.3, 0.4) is 0 Å². The van der Waals surface area contributed by atoms with Crippen molar-refractivity contribution in [3.8, 4) is 5.75 Å². The topological polar surface area (TPSA) is 87.7 Å². The molecule has 2 N–H and O–H groups in total. The fraction of sp³-hybridized carbons (Fsp3) is 0.240. The van der Waals surface area contributed by atoms with Crippen LogP contribution < -0.4 is 20.3 Å². The maximum absolute atomic E-state index is 12.7. The summed E-state index contributed by atoms with van der Waals surface area (Å²) in [6.07, 6.45) is 0.131. The molecule has 7 nitrogen and oxygen atoms in total. The average Bonchev–Trinajstić information content (AvgIpc) is 3.46. The Hall–Kier alpha value is -3.49. The number of nitrogens with one attached hydrogen (secondary N) is 2. The van der Waals surface area contributed by atoms with E-state index >= 15 is 0 Å². The largest absolute Gasteiger partial charge is 0.494 e. The highest BCUT2D eigenvalue weighted by atomic mass is 32.1. The summed E-state index contributed by atoms with van der Waals surface area (Å²) in [5.74, 6) is 0.242. The molecule has 33 heavy (non-hydrogen) atoms. The lowest BCUT2D eigenvalue weighted by Crippen LogP contribution is -2.40. The van der Waals surface area contributed by atoms with E-state index in [0.29, 0.717) is 36.7 Å². The molecule has 1 aliphatic rings. The molecule has 0 unspecified atom stereocenters. The summed E-state index contributed by atoms with van der Waals surface area (Å²) in [6, 6.07) is 17.4. The highest BCUT2D eigenvalue weighted by Gasteiger charge is 2.39. The Morgan fingerprint density at radius 1 is 1.06 bits per heavy atom. The molecule has 0 radical (unpaired) electrons. The lowest BCUT2D eigenvalue weighted by Gasteiger charge is -2.16. The van der Waals surface area contributed by atoms with Crippen molar-refractivity contribution in [3.63, 3.8) is 0 Å². The molecule has 1 atom stereocenters. The van der Waals surface area contributed by atoms with Crippen molar-refractivity contribution in [2.75, 3.05) is 29.9 Å². The van der Waals surface area contributed by atoms with Crippen LogP contribution in [-0.2, 0) is 9.59 Å². The van der Waals surface area contributed by atoms with Gasteiger partial charge in [-0.1, -0.05) is 6.07 Å². The van der Waals surface area contributed by atoms with Crippen molar-refractivity contribution in [1.29, 1.82) is 0 Å². The molecule has 0 aliphatic carbocycles. The zero-order valence-electron chi connectivity index (χ0n) is 18.2. The molecule has 3 aromatic rings. The number of benzene rings is 2. The number of hydrogen-bond donors (Lipinski definition) is 2. The Bertz CT molecular complexity index is 1110. The van der Waals surface area contributed by atoms with Crippen LogP contribution >= 0.6 is 11.3 Å². The Labute approximate surface area is 196 Å². The molecule has 1 fully saturated rings. The number of anilines is 2. The third-order valence-electron chi connectivity index (χ3n) is 5.29. The Morgan fingerprint density at radius 3 is 2.48 bits per heavy atom. The second kappa shape index (κ2) is 10.4. The molecule has 2 aromatic carbocycles. The number of hydrogen-bond acceptors (Lipinski definition) is 7. The van der Waals surface area contributed by atoms with E-state index in [0.717, 1.165) is 10.6 Å². The smallest absolute Gasteiger partial charge is 0.251 e. The monoisotopic (exact) mass is 463 g/mol. The highest BCUT2D eigenvalue weighted by molar-refractivity contribution is 7.12. The number of carbonyl (C=O) groups is 3. The van der Waals surface area contributed by atoms with E-state index in [1.807, 2.05) is 36.6 Å². The first-order chi connectivity index (χ1) is 16.1. The molecular weight excluding hydrogens is 438 g/mol. The van der Waals surface area contributed by atoms with Crippen LogP contribution in [0.15, 0.2) is 66.0 Å². The average molecular weight is 464 g/mol. The number of amides is 2. The van der Waals surface area contributed by atoms with Crippen LogP contribution in [0.5, 0.6) is 5.75 Å². The van der Waals surface area contributed by atoms with Crippen molar-refractivity contribution in [3.05, 3.63) is 76.5 Å². The minimum absolute atomic E-state index is 0.0136. The van der Waals surface area contributed by atoms with Crippen LogP contribution in [0.1, 0.15) is 28.6 Å². The molecule has 0 spiro atoms. The molecule has 0 saturated carbocycles. The summed E-state index contributed by atoms with van der Waals surface area (Å²) in [6.45, 7) is 3.53. The first kappa shape index (κ1) is 22.7. The summed E-state index contributed by atoms with van der Waals surface area (Å²) in [7, 11) is 0. The van der Waals surface area contributed by atoms with Gasteiger partial charge in [0.15, 0.2) is 0 Å². The molecule has 1 aromatic heterocycles. The molecule has 1 saturated heterocycles. The molecular formula is C25H25N3O4S. The molecule has 8 heteroatoms. The maximum Gasteiger partial charge on any atom is 0.251 e. The number of nitrogens with zero attached hydrogens (tertiary/aromatic N) is 1. The summed E-state index contributed by atoms with van der Waals surface area (Å²) in [4.78, 5) is 39.5. The minimum Gasteiger partial charge on any atom is -0.494 e. The number of rotatable bonds is 10. The number of ether oxygens (including phenoxy) is 1. The molecule has 1 aliphatic heterocycles. The van der Waals surface area contributed by atoms with Gasteiger partial charge in [-0.2, -0.15) is 0 Å². The van der Waals surface area contributed by atoms with E-state index in [1.165, 1.54) is 16.2 Å². The molecule has 0 bridgehead atoms. The Kier molecular flexibility index (Phi) is 7.16. The standard InChI is InChI=1S/C25H25N3O4S/c1-2-32-20-11-9-19(10-12-20)28-23(29)16-21(25(28)31)27-14-13-26-18-7-5-17(6-8-18)24(30)22-4-3-15-33-22/h3-12,15,21,26-27H,2,13-14,16H2,1H3/t21-/m1/s1. The first-order valence-corrected chi connectivity index (χ1v) is 11.7. The van der Waals surface area contributed by atoms with Crippen molar-refractivity contribution >= 4 is 40.3 Å². The van der Waals surface area contributed by atoms with Crippen molar-refractivity contribution in [2.24, 2.45) is 0 Å². The predicted octanol–water partition coefficient (Wildman–Crippen LogP) is 3.71. The lowest BCUT2D eigenvalue weighted by atomic mass is 10.1. The van der Waals surface area contributed by atoms with Crippen LogP contribution in [0, 0.1) is 0 Å². The van der Waals surface area contributed by atoms with Crippen LogP contribution in [0.25, 0.3) is 0 Å². The summed E-state index contributed by atoms with van der Waals surface area (Å²) in [5.41, 5.74) is 2.07. The summed E-state index contributed by atoms with van der Waals surface area (Å²) < 4.78 is 5.41. The fourth-order valence-corrected chi connectivity index (χ4v) is 4.35. The molecule has 2 heterocycles.